The molecule has 8 heteroatoms. The van der Waals surface area contributed by atoms with Gasteiger partial charge in [-0.05, 0) is 68.5 Å². The summed E-state index contributed by atoms with van der Waals surface area (Å²) < 4.78 is 7.54. The molecule has 156 valence electrons. The number of carbonyl (C=O) groups excluding carboxylic acids is 2. The van der Waals surface area contributed by atoms with Gasteiger partial charge < -0.3 is 4.74 Å². The van der Waals surface area contributed by atoms with Gasteiger partial charge >= 0.3 is 0 Å². The Hall–Kier alpha value is -3.78. The van der Waals surface area contributed by atoms with Gasteiger partial charge in [-0.3, -0.25) is 24.5 Å². The van der Waals surface area contributed by atoms with E-state index >= 15 is 0 Å². The van der Waals surface area contributed by atoms with Crippen LogP contribution in [-0.4, -0.2) is 26.7 Å². The van der Waals surface area contributed by atoms with Crippen molar-refractivity contribution < 1.29 is 14.3 Å². The Bertz CT molecular complexity index is 1180. The summed E-state index contributed by atoms with van der Waals surface area (Å²) >= 11 is 5.27. The first-order chi connectivity index (χ1) is 15.0. The molecule has 1 fully saturated rings. The molecule has 1 aliphatic rings. The van der Waals surface area contributed by atoms with Crippen LogP contribution in [0.1, 0.15) is 18.2 Å². The SMILES string of the molecule is CCn1cc(/C=C2/C(=O)NC(=S)N(c3ccc(Oc4ccccc4)cc3)C2=O)c(C)n1. The maximum atomic E-state index is 13.2. The molecule has 0 unspecified atom stereocenters. The summed E-state index contributed by atoms with van der Waals surface area (Å²) in [6.07, 6.45) is 3.35. The fourth-order valence-electron chi connectivity index (χ4n) is 3.17. The minimum atomic E-state index is -0.529. The molecule has 4 rings (SSSR count). The number of amides is 2. The standard InChI is InChI=1S/C23H20N4O3S/c1-3-26-14-16(15(2)25-26)13-20-21(28)24-23(31)27(22(20)29)17-9-11-19(12-10-17)30-18-7-5-4-6-8-18/h4-14H,3H2,1-2H3,(H,24,28,31)/b20-13-. The van der Waals surface area contributed by atoms with Gasteiger partial charge in [0.25, 0.3) is 11.8 Å². The van der Waals surface area contributed by atoms with Crippen LogP contribution in [0.5, 0.6) is 11.5 Å². The summed E-state index contributed by atoms with van der Waals surface area (Å²) in [5, 5.41) is 6.98. The van der Waals surface area contributed by atoms with Crippen molar-refractivity contribution in [2.45, 2.75) is 20.4 Å². The number of nitrogens with zero attached hydrogens (tertiary/aromatic N) is 3. The van der Waals surface area contributed by atoms with Gasteiger partial charge in [0.1, 0.15) is 17.1 Å². The molecule has 7 nitrogen and oxygen atoms in total. The molecular weight excluding hydrogens is 412 g/mol. The Kier molecular flexibility index (Phi) is 5.64. The molecular formula is C23H20N4O3S. The molecule has 3 aromatic rings. The van der Waals surface area contributed by atoms with E-state index in [0.29, 0.717) is 29.3 Å². The van der Waals surface area contributed by atoms with Gasteiger partial charge in [0, 0.05) is 18.3 Å². The minimum Gasteiger partial charge on any atom is -0.457 e. The van der Waals surface area contributed by atoms with Gasteiger partial charge in [0.05, 0.1) is 11.4 Å². The van der Waals surface area contributed by atoms with Crippen molar-refractivity contribution in [1.82, 2.24) is 15.1 Å². The zero-order valence-electron chi connectivity index (χ0n) is 17.0. The first-order valence-electron chi connectivity index (χ1n) is 9.74. The molecule has 1 aromatic heterocycles. The van der Waals surface area contributed by atoms with E-state index in [4.69, 9.17) is 17.0 Å². The number of benzene rings is 2. The van der Waals surface area contributed by atoms with Crippen LogP contribution < -0.4 is 15.0 Å². The smallest absolute Gasteiger partial charge is 0.270 e. The maximum Gasteiger partial charge on any atom is 0.270 e. The van der Waals surface area contributed by atoms with E-state index in [-0.39, 0.29) is 10.7 Å². The molecule has 0 spiro atoms. The normalized spacial score (nSPS) is 15.4. The van der Waals surface area contributed by atoms with Crippen molar-refractivity contribution in [2.24, 2.45) is 0 Å². The number of carbonyl (C=O) groups is 2. The highest BCUT2D eigenvalue weighted by atomic mass is 32.1. The number of anilines is 1. The minimum absolute atomic E-state index is 0.00281. The lowest BCUT2D eigenvalue weighted by atomic mass is 10.1. The maximum absolute atomic E-state index is 13.2. The Labute approximate surface area is 184 Å². The third-order valence-corrected chi connectivity index (χ3v) is 5.07. The van der Waals surface area contributed by atoms with Gasteiger partial charge in [-0.1, -0.05) is 18.2 Å². The van der Waals surface area contributed by atoms with Crippen LogP contribution in [0.2, 0.25) is 0 Å². The second-order valence-electron chi connectivity index (χ2n) is 6.89. The molecule has 2 aromatic carbocycles. The van der Waals surface area contributed by atoms with E-state index < -0.39 is 11.8 Å². The molecule has 1 N–H and O–H groups in total. The van der Waals surface area contributed by atoms with Crippen molar-refractivity contribution in [2.75, 3.05) is 4.90 Å². The lowest BCUT2D eigenvalue weighted by molar-refractivity contribution is -0.122. The number of thiocarbonyl (C=S) groups is 1. The second kappa shape index (κ2) is 8.53. The van der Waals surface area contributed by atoms with Gasteiger partial charge in [0.15, 0.2) is 5.11 Å². The topological polar surface area (TPSA) is 76.5 Å². The van der Waals surface area contributed by atoms with Crippen LogP contribution in [0.3, 0.4) is 0 Å². The van der Waals surface area contributed by atoms with Crippen LogP contribution in [0.4, 0.5) is 5.69 Å². The third-order valence-electron chi connectivity index (χ3n) is 4.78. The molecule has 0 saturated carbocycles. The Balaban J connectivity index is 1.61. The summed E-state index contributed by atoms with van der Waals surface area (Å²) in [4.78, 5) is 26.9. The number of ether oxygens (including phenoxy) is 1. The summed E-state index contributed by atoms with van der Waals surface area (Å²) in [6, 6.07) is 16.3. The van der Waals surface area contributed by atoms with Crippen LogP contribution >= 0.6 is 12.2 Å². The predicted octanol–water partition coefficient (Wildman–Crippen LogP) is 3.84. The van der Waals surface area contributed by atoms with Crippen LogP contribution in [0, 0.1) is 6.92 Å². The molecule has 2 amide bonds. The van der Waals surface area contributed by atoms with Crippen molar-refractivity contribution in [3.8, 4) is 11.5 Å². The molecule has 0 aliphatic carbocycles. The average Bonchev–Trinajstić information content (AvgIpc) is 3.12. The second-order valence-corrected chi connectivity index (χ2v) is 7.28. The zero-order valence-corrected chi connectivity index (χ0v) is 17.8. The van der Waals surface area contributed by atoms with Crippen molar-refractivity contribution in [1.29, 1.82) is 0 Å². The van der Waals surface area contributed by atoms with E-state index in [1.807, 2.05) is 44.2 Å². The summed E-state index contributed by atoms with van der Waals surface area (Å²) in [6.45, 7) is 4.49. The number of aryl methyl sites for hydroxylation is 2. The monoisotopic (exact) mass is 432 g/mol. The quantitative estimate of drug-likeness (QED) is 0.377. The number of hydrogen-bond acceptors (Lipinski definition) is 5. The first kappa shape index (κ1) is 20.5. The number of hydrogen-bond donors (Lipinski definition) is 1. The van der Waals surface area contributed by atoms with Gasteiger partial charge in [-0.25, -0.2) is 0 Å². The number of para-hydroxylation sites is 1. The molecule has 0 bridgehead atoms. The Morgan fingerprint density at radius 2 is 1.74 bits per heavy atom. The van der Waals surface area contributed by atoms with Crippen LogP contribution in [-0.2, 0) is 16.1 Å². The van der Waals surface area contributed by atoms with E-state index in [9.17, 15) is 9.59 Å². The molecule has 0 radical (unpaired) electrons. The fourth-order valence-corrected chi connectivity index (χ4v) is 3.45. The lowest BCUT2D eigenvalue weighted by Crippen LogP contribution is -2.54. The van der Waals surface area contributed by atoms with E-state index in [0.717, 1.165) is 5.69 Å². The summed E-state index contributed by atoms with van der Waals surface area (Å²) in [5.41, 5.74) is 1.97. The van der Waals surface area contributed by atoms with Crippen LogP contribution in [0.15, 0.2) is 66.4 Å². The largest absolute Gasteiger partial charge is 0.457 e. The van der Waals surface area contributed by atoms with E-state index in [1.165, 1.54) is 4.90 Å². The molecule has 31 heavy (non-hydrogen) atoms. The van der Waals surface area contributed by atoms with E-state index in [1.54, 1.807) is 41.2 Å². The van der Waals surface area contributed by atoms with E-state index in [2.05, 4.69) is 10.4 Å². The van der Waals surface area contributed by atoms with Gasteiger partial charge in [-0.2, -0.15) is 5.10 Å². The Morgan fingerprint density at radius 1 is 1.06 bits per heavy atom. The van der Waals surface area contributed by atoms with Gasteiger partial charge in [0.2, 0.25) is 0 Å². The number of nitrogens with one attached hydrogen (secondary N) is 1. The van der Waals surface area contributed by atoms with Crippen LogP contribution in [0.25, 0.3) is 6.08 Å². The average molecular weight is 433 g/mol. The highest BCUT2D eigenvalue weighted by Crippen LogP contribution is 2.27. The lowest BCUT2D eigenvalue weighted by Gasteiger charge is -2.29. The molecule has 2 heterocycles. The highest BCUT2D eigenvalue weighted by molar-refractivity contribution is 7.80. The molecule has 1 saturated heterocycles. The molecule has 1 aliphatic heterocycles. The van der Waals surface area contributed by atoms with Crippen molar-refractivity contribution in [3.05, 3.63) is 77.6 Å². The van der Waals surface area contributed by atoms with Crippen molar-refractivity contribution in [3.63, 3.8) is 0 Å². The van der Waals surface area contributed by atoms with Gasteiger partial charge in [-0.15, -0.1) is 0 Å². The number of aromatic nitrogens is 2. The number of rotatable bonds is 5. The fraction of sp³-hybridized carbons (Fsp3) is 0.130. The highest BCUT2D eigenvalue weighted by Gasteiger charge is 2.34. The first-order valence-corrected chi connectivity index (χ1v) is 10.2. The molecule has 0 atom stereocenters. The summed E-state index contributed by atoms with van der Waals surface area (Å²) in [5.74, 6) is 0.307. The third kappa shape index (κ3) is 4.24. The summed E-state index contributed by atoms with van der Waals surface area (Å²) in [7, 11) is 0. The van der Waals surface area contributed by atoms with Crippen molar-refractivity contribution >= 4 is 40.9 Å². The zero-order chi connectivity index (χ0) is 22.0. The Morgan fingerprint density at radius 3 is 2.39 bits per heavy atom. The predicted molar refractivity (Wildman–Crippen MR) is 122 cm³/mol.